The van der Waals surface area contributed by atoms with Gasteiger partial charge in [-0.25, -0.2) is 18.2 Å². The molecule has 0 aliphatic carbocycles. The molecule has 0 aliphatic heterocycles. The summed E-state index contributed by atoms with van der Waals surface area (Å²) in [6.45, 7) is 1.55. The Morgan fingerprint density at radius 3 is 2.26 bits per heavy atom. The second-order valence-corrected chi connectivity index (χ2v) is 7.76. The maximum absolute atomic E-state index is 12.5. The lowest BCUT2D eigenvalue weighted by molar-refractivity contribution is -0.154. The molecule has 0 fully saturated rings. The van der Waals surface area contributed by atoms with Crippen molar-refractivity contribution in [3.63, 3.8) is 0 Å². The Labute approximate surface area is 158 Å². The van der Waals surface area contributed by atoms with Crippen molar-refractivity contribution >= 4 is 22.3 Å². The fraction of sp³-hybridized carbons (Fsp3) is 0.263. The van der Waals surface area contributed by atoms with Crippen molar-refractivity contribution < 1.29 is 23.2 Å². The van der Waals surface area contributed by atoms with Crippen LogP contribution < -0.4 is 4.72 Å². The van der Waals surface area contributed by atoms with E-state index < -0.39 is 21.8 Å². The fourth-order valence-electron chi connectivity index (χ4n) is 2.65. The van der Waals surface area contributed by atoms with Gasteiger partial charge < -0.3 is 0 Å². The Morgan fingerprint density at radius 2 is 1.70 bits per heavy atom. The largest absolute Gasteiger partial charge is 0.286 e. The molecule has 27 heavy (non-hydrogen) atoms. The zero-order valence-corrected chi connectivity index (χ0v) is 15.7. The molecular weight excluding hydrogens is 368 g/mol. The number of nitrogens with one attached hydrogen (secondary N) is 1. The van der Waals surface area contributed by atoms with Gasteiger partial charge in [-0.2, -0.15) is 0 Å². The second kappa shape index (κ2) is 9.29. The van der Waals surface area contributed by atoms with Crippen molar-refractivity contribution in [2.75, 3.05) is 6.54 Å². The monoisotopic (exact) mass is 390 g/mol. The van der Waals surface area contributed by atoms with Crippen molar-refractivity contribution in [3.8, 4) is 11.1 Å². The highest BCUT2D eigenvalue weighted by Gasteiger charge is 2.25. The van der Waals surface area contributed by atoms with Crippen LogP contribution >= 0.6 is 0 Å². The molecule has 2 aromatic carbocycles. The molecule has 0 saturated heterocycles. The first kappa shape index (κ1) is 20.6. The lowest BCUT2D eigenvalue weighted by atomic mass is 10.0. The minimum absolute atomic E-state index is 0.0398. The Balaban J connectivity index is 2.14. The zero-order valence-electron chi connectivity index (χ0n) is 14.9. The number of nitrogens with zero attached hydrogens (tertiary/aromatic N) is 1. The summed E-state index contributed by atoms with van der Waals surface area (Å²) in [6, 6.07) is 15.7. The summed E-state index contributed by atoms with van der Waals surface area (Å²) >= 11 is 0. The molecule has 0 saturated carbocycles. The van der Waals surface area contributed by atoms with Gasteiger partial charge in [-0.05, 0) is 29.7 Å². The SMILES string of the molecule is CCCC(CN(O)C=O)C(=O)NS(=O)(=O)c1ccc(-c2ccccc2)cc1. The van der Waals surface area contributed by atoms with Crippen molar-refractivity contribution in [2.24, 2.45) is 5.92 Å². The maximum atomic E-state index is 12.5. The average Bonchev–Trinajstić information content (AvgIpc) is 2.68. The highest BCUT2D eigenvalue weighted by molar-refractivity contribution is 7.90. The molecule has 1 atom stereocenters. The molecule has 7 nitrogen and oxygen atoms in total. The van der Waals surface area contributed by atoms with E-state index >= 15 is 0 Å². The number of hydrogen-bond donors (Lipinski definition) is 2. The van der Waals surface area contributed by atoms with Crippen LogP contribution in [0.4, 0.5) is 0 Å². The van der Waals surface area contributed by atoms with Gasteiger partial charge in [-0.1, -0.05) is 55.8 Å². The van der Waals surface area contributed by atoms with E-state index in [4.69, 9.17) is 0 Å². The van der Waals surface area contributed by atoms with Crippen LogP contribution in [-0.4, -0.2) is 37.6 Å². The minimum Gasteiger partial charge on any atom is -0.286 e. The van der Waals surface area contributed by atoms with E-state index in [1.165, 1.54) is 12.1 Å². The fourth-order valence-corrected chi connectivity index (χ4v) is 3.70. The summed E-state index contributed by atoms with van der Waals surface area (Å²) < 4.78 is 27.0. The van der Waals surface area contributed by atoms with Crippen LogP contribution in [0, 0.1) is 5.92 Å². The number of benzene rings is 2. The number of sulfonamides is 1. The number of hydrogen-bond acceptors (Lipinski definition) is 5. The third kappa shape index (κ3) is 5.63. The van der Waals surface area contributed by atoms with E-state index in [0.29, 0.717) is 17.9 Å². The smallest absolute Gasteiger partial charge is 0.264 e. The number of hydroxylamine groups is 2. The lowest BCUT2D eigenvalue weighted by Crippen LogP contribution is -2.40. The summed E-state index contributed by atoms with van der Waals surface area (Å²) in [5.74, 6) is -1.59. The molecule has 2 N–H and O–H groups in total. The third-order valence-electron chi connectivity index (χ3n) is 4.04. The Bertz CT molecular complexity index is 867. The second-order valence-electron chi connectivity index (χ2n) is 6.07. The van der Waals surface area contributed by atoms with Crippen LogP contribution in [0.2, 0.25) is 0 Å². The van der Waals surface area contributed by atoms with Crippen LogP contribution in [0.3, 0.4) is 0 Å². The summed E-state index contributed by atoms with van der Waals surface area (Å²) in [5.41, 5.74) is 1.80. The van der Waals surface area contributed by atoms with Crippen LogP contribution in [0.1, 0.15) is 19.8 Å². The molecule has 2 amide bonds. The van der Waals surface area contributed by atoms with Crippen LogP contribution in [-0.2, 0) is 19.6 Å². The first-order valence-electron chi connectivity index (χ1n) is 8.50. The van der Waals surface area contributed by atoms with Gasteiger partial charge in [-0.15, -0.1) is 0 Å². The lowest BCUT2D eigenvalue weighted by Gasteiger charge is -2.19. The summed E-state index contributed by atoms with van der Waals surface area (Å²) in [4.78, 5) is 22.8. The van der Waals surface area contributed by atoms with Crippen molar-refractivity contribution in [1.82, 2.24) is 9.79 Å². The standard InChI is InChI=1S/C19H22N2O5S/c1-2-6-17(13-21(24)14-22)19(23)20-27(25,26)18-11-9-16(10-12-18)15-7-4-3-5-8-15/h3-5,7-12,14,17,24H,2,6,13H2,1H3,(H,20,23). The predicted molar refractivity (Wildman–Crippen MR) is 100 cm³/mol. The molecule has 0 spiro atoms. The Hall–Kier alpha value is -2.71. The molecule has 2 aromatic rings. The minimum atomic E-state index is -4.05. The molecule has 8 heteroatoms. The normalized spacial score (nSPS) is 12.2. The van der Waals surface area contributed by atoms with E-state index in [1.807, 2.05) is 42.0 Å². The topological polar surface area (TPSA) is 104 Å². The quantitative estimate of drug-likeness (QED) is 0.389. The number of carbonyl (C=O) groups excluding carboxylic acids is 2. The molecular formula is C19H22N2O5S. The van der Waals surface area contributed by atoms with Crippen molar-refractivity contribution in [2.45, 2.75) is 24.7 Å². The molecule has 144 valence electrons. The van der Waals surface area contributed by atoms with E-state index in [0.717, 1.165) is 11.1 Å². The van der Waals surface area contributed by atoms with E-state index in [9.17, 15) is 23.2 Å². The van der Waals surface area contributed by atoms with Gasteiger partial charge in [0.15, 0.2) is 0 Å². The molecule has 0 heterocycles. The van der Waals surface area contributed by atoms with Crippen LogP contribution in [0.5, 0.6) is 0 Å². The molecule has 0 aliphatic rings. The van der Waals surface area contributed by atoms with Gasteiger partial charge in [0.05, 0.1) is 17.4 Å². The van der Waals surface area contributed by atoms with E-state index in [2.05, 4.69) is 0 Å². The van der Waals surface area contributed by atoms with Gasteiger partial charge in [0, 0.05) is 0 Å². The van der Waals surface area contributed by atoms with E-state index in [1.54, 1.807) is 12.1 Å². The zero-order chi connectivity index (χ0) is 19.9. The maximum Gasteiger partial charge on any atom is 0.264 e. The number of carbonyl (C=O) groups is 2. The Kier molecular flexibility index (Phi) is 7.09. The van der Waals surface area contributed by atoms with Gasteiger partial charge in [0.2, 0.25) is 12.3 Å². The van der Waals surface area contributed by atoms with Gasteiger partial charge in [0.1, 0.15) is 0 Å². The van der Waals surface area contributed by atoms with Crippen LogP contribution in [0.25, 0.3) is 11.1 Å². The Morgan fingerprint density at radius 1 is 1.11 bits per heavy atom. The third-order valence-corrected chi connectivity index (χ3v) is 5.41. The molecule has 0 bridgehead atoms. The number of amides is 2. The molecule has 1 unspecified atom stereocenters. The molecule has 0 aromatic heterocycles. The number of rotatable bonds is 9. The average molecular weight is 390 g/mol. The van der Waals surface area contributed by atoms with Crippen molar-refractivity contribution in [1.29, 1.82) is 0 Å². The molecule has 2 rings (SSSR count). The van der Waals surface area contributed by atoms with Crippen molar-refractivity contribution in [3.05, 3.63) is 54.6 Å². The van der Waals surface area contributed by atoms with E-state index in [-0.39, 0.29) is 17.9 Å². The summed E-state index contributed by atoms with van der Waals surface area (Å²) in [7, 11) is -4.05. The predicted octanol–water partition coefficient (Wildman–Crippen LogP) is 2.42. The van der Waals surface area contributed by atoms with Gasteiger partial charge in [0.25, 0.3) is 10.0 Å². The van der Waals surface area contributed by atoms with Gasteiger partial charge in [-0.3, -0.25) is 14.8 Å². The summed E-state index contributed by atoms with van der Waals surface area (Å²) in [5, 5.41) is 9.63. The highest BCUT2D eigenvalue weighted by Crippen LogP contribution is 2.21. The van der Waals surface area contributed by atoms with Crippen LogP contribution in [0.15, 0.2) is 59.5 Å². The first-order chi connectivity index (χ1) is 12.9. The first-order valence-corrected chi connectivity index (χ1v) is 9.98. The summed E-state index contributed by atoms with van der Waals surface area (Å²) in [6.07, 6.45) is 1.10. The highest BCUT2D eigenvalue weighted by atomic mass is 32.2. The molecule has 0 radical (unpaired) electrons. The van der Waals surface area contributed by atoms with Gasteiger partial charge >= 0.3 is 0 Å².